The number of ether oxygens (including phenoxy) is 2. The SMILES string of the molecule is O=C(O)C1(c2cc3c(cc2Br)COCO3)CCCC1. The van der Waals surface area contributed by atoms with Crippen molar-refractivity contribution >= 4 is 21.9 Å². The molecule has 0 bridgehead atoms. The van der Waals surface area contributed by atoms with Gasteiger partial charge in [0.15, 0.2) is 6.79 Å². The molecule has 0 saturated heterocycles. The van der Waals surface area contributed by atoms with E-state index < -0.39 is 11.4 Å². The van der Waals surface area contributed by atoms with Crippen LogP contribution in [0.2, 0.25) is 0 Å². The molecule has 19 heavy (non-hydrogen) atoms. The zero-order chi connectivity index (χ0) is 13.5. The Balaban J connectivity index is 2.11. The van der Waals surface area contributed by atoms with Gasteiger partial charge in [-0.25, -0.2) is 0 Å². The Hall–Kier alpha value is -1.07. The minimum atomic E-state index is -0.768. The van der Waals surface area contributed by atoms with Crippen LogP contribution in [-0.4, -0.2) is 17.9 Å². The summed E-state index contributed by atoms with van der Waals surface area (Å²) >= 11 is 3.51. The van der Waals surface area contributed by atoms with Gasteiger partial charge in [-0.05, 0) is 30.5 Å². The monoisotopic (exact) mass is 326 g/mol. The number of carboxylic acids is 1. The van der Waals surface area contributed by atoms with Crippen molar-refractivity contribution in [1.29, 1.82) is 0 Å². The first-order valence-corrected chi connectivity index (χ1v) is 7.20. The molecule has 0 atom stereocenters. The summed E-state index contributed by atoms with van der Waals surface area (Å²) in [4.78, 5) is 11.8. The lowest BCUT2D eigenvalue weighted by molar-refractivity contribution is -0.143. The Kier molecular flexibility index (Phi) is 3.27. The molecular formula is C14H15BrO4. The van der Waals surface area contributed by atoms with Crippen molar-refractivity contribution in [3.63, 3.8) is 0 Å². The summed E-state index contributed by atoms with van der Waals surface area (Å²) in [6, 6.07) is 3.80. The molecule has 102 valence electrons. The number of benzene rings is 1. The van der Waals surface area contributed by atoms with Crippen LogP contribution in [-0.2, 0) is 21.6 Å². The molecular weight excluding hydrogens is 312 g/mol. The van der Waals surface area contributed by atoms with Crippen LogP contribution in [0.25, 0.3) is 0 Å². The van der Waals surface area contributed by atoms with E-state index in [2.05, 4.69) is 15.9 Å². The van der Waals surface area contributed by atoms with E-state index in [9.17, 15) is 9.90 Å². The lowest BCUT2D eigenvalue weighted by Crippen LogP contribution is -2.33. The minimum Gasteiger partial charge on any atom is -0.481 e. The van der Waals surface area contributed by atoms with Gasteiger partial charge in [0.05, 0.1) is 12.0 Å². The molecule has 0 unspecified atom stereocenters. The fraction of sp³-hybridized carbons (Fsp3) is 0.500. The normalized spacial score (nSPS) is 20.7. The molecule has 0 spiro atoms. The molecule has 1 aromatic rings. The van der Waals surface area contributed by atoms with Crippen LogP contribution in [0.15, 0.2) is 16.6 Å². The van der Waals surface area contributed by atoms with Crippen molar-refractivity contribution in [3.8, 4) is 5.75 Å². The Morgan fingerprint density at radius 3 is 2.74 bits per heavy atom. The quantitative estimate of drug-likeness (QED) is 0.906. The van der Waals surface area contributed by atoms with E-state index in [-0.39, 0.29) is 6.79 Å². The van der Waals surface area contributed by atoms with E-state index in [1.54, 1.807) is 0 Å². The standard InChI is InChI=1S/C14H15BrO4/c15-11-5-9-7-18-8-19-12(9)6-10(11)14(13(16)17)3-1-2-4-14/h5-6H,1-4,7-8H2,(H,16,17). The van der Waals surface area contributed by atoms with Gasteiger partial charge in [-0.2, -0.15) is 0 Å². The van der Waals surface area contributed by atoms with Crippen molar-refractivity contribution in [3.05, 3.63) is 27.7 Å². The third kappa shape index (κ3) is 2.05. The van der Waals surface area contributed by atoms with Crippen molar-refractivity contribution in [2.75, 3.05) is 6.79 Å². The number of carboxylic acid groups (broad SMARTS) is 1. The molecule has 1 fully saturated rings. The third-order valence-corrected chi connectivity index (χ3v) is 4.74. The van der Waals surface area contributed by atoms with Gasteiger partial charge in [0.25, 0.3) is 0 Å². The van der Waals surface area contributed by atoms with Crippen LogP contribution in [0, 0.1) is 0 Å². The zero-order valence-electron chi connectivity index (χ0n) is 10.4. The molecule has 4 nitrogen and oxygen atoms in total. The number of hydrogen-bond acceptors (Lipinski definition) is 3. The molecule has 0 radical (unpaired) electrons. The summed E-state index contributed by atoms with van der Waals surface area (Å²) in [6.45, 7) is 0.739. The first-order valence-electron chi connectivity index (χ1n) is 6.40. The second-order valence-corrected chi connectivity index (χ2v) is 6.00. The zero-order valence-corrected chi connectivity index (χ0v) is 12.0. The fourth-order valence-corrected chi connectivity index (χ4v) is 3.81. The van der Waals surface area contributed by atoms with Gasteiger partial charge in [-0.15, -0.1) is 0 Å². The van der Waals surface area contributed by atoms with Crippen LogP contribution in [0.5, 0.6) is 5.75 Å². The average molecular weight is 327 g/mol. The van der Waals surface area contributed by atoms with Gasteiger partial charge in [0.2, 0.25) is 0 Å². The van der Waals surface area contributed by atoms with E-state index in [0.29, 0.717) is 19.4 Å². The molecule has 1 aromatic carbocycles. The highest BCUT2D eigenvalue weighted by Gasteiger charge is 2.44. The lowest BCUT2D eigenvalue weighted by Gasteiger charge is -2.28. The number of carbonyl (C=O) groups is 1. The van der Waals surface area contributed by atoms with Crippen LogP contribution in [0.4, 0.5) is 0 Å². The summed E-state index contributed by atoms with van der Waals surface area (Å²) in [7, 11) is 0. The minimum absolute atomic E-state index is 0.230. The predicted molar refractivity (Wildman–Crippen MR) is 72.2 cm³/mol. The fourth-order valence-electron chi connectivity index (χ4n) is 3.04. The van der Waals surface area contributed by atoms with E-state index in [1.807, 2.05) is 12.1 Å². The van der Waals surface area contributed by atoms with Gasteiger partial charge in [-0.1, -0.05) is 28.8 Å². The van der Waals surface area contributed by atoms with Crippen molar-refractivity contribution in [2.45, 2.75) is 37.7 Å². The maximum absolute atomic E-state index is 11.8. The molecule has 3 rings (SSSR count). The summed E-state index contributed by atoms with van der Waals surface area (Å²) in [6.07, 6.45) is 3.30. The third-order valence-electron chi connectivity index (χ3n) is 4.09. The molecule has 1 N–H and O–H groups in total. The van der Waals surface area contributed by atoms with Gasteiger partial charge in [0, 0.05) is 10.0 Å². The number of hydrogen-bond donors (Lipinski definition) is 1. The average Bonchev–Trinajstić information content (AvgIpc) is 2.88. The maximum atomic E-state index is 11.8. The second-order valence-electron chi connectivity index (χ2n) is 5.14. The smallest absolute Gasteiger partial charge is 0.314 e. The van der Waals surface area contributed by atoms with E-state index in [4.69, 9.17) is 9.47 Å². The Morgan fingerprint density at radius 2 is 2.05 bits per heavy atom. The Bertz CT molecular complexity index is 520. The topological polar surface area (TPSA) is 55.8 Å². The number of halogens is 1. The summed E-state index contributed by atoms with van der Waals surface area (Å²) in [5, 5.41) is 9.66. The van der Waals surface area contributed by atoms with E-state index >= 15 is 0 Å². The van der Waals surface area contributed by atoms with Crippen LogP contribution < -0.4 is 4.74 Å². The Morgan fingerprint density at radius 1 is 1.32 bits per heavy atom. The molecule has 1 saturated carbocycles. The highest BCUT2D eigenvalue weighted by atomic mass is 79.9. The van der Waals surface area contributed by atoms with E-state index in [1.165, 1.54) is 0 Å². The molecule has 2 aliphatic rings. The summed E-state index contributed by atoms with van der Waals surface area (Å²) in [5.41, 5.74) is 1.02. The second kappa shape index (κ2) is 4.80. The van der Waals surface area contributed by atoms with Crippen LogP contribution >= 0.6 is 15.9 Å². The maximum Gasteiger partial charge on any atom is 0.314 e. The number of rotatable bonds is 2. The van der Waals surface area contributed by atoms with Crippen LogP contribution in [0.3, 0.4) is 0 Å². The Labute approximate surface area is 119 Å². The lowest BCUT2D eigenvalue weighted by atomic mass is 9.78. The highest BCUT2D eigenvalue weighted by Crippen LogP contribution is 2.46. The highest BCUT2D eigenvalue weighted by molar-refractivity contribution is 9.10. The van der Waals surface area contributed by atoms with E-state index in [0.717, 1.165) is 34.2 Å². The molecule has 0 amide bonds. The van der Waals surface area contributed by atoms with Crippen molar-refractivity contribution in [1.82, 2.24) is 0 Å². The van der Waals surface area contributed by atoms with Gasteiger partial charge >= 0.3 is 5.97 Å². The van der Waals surface area contributed by atoms with Crippen molar-refractivity contribution < 1.29 is 19.4 Å². The molecule has 1 aliphatic carbocycles. The largest absolute Gasteiger partial charge is 0.481 e. The summed E-state index contributed by atoms with van der Waals surface area (Å²) in [5.74, 6) is 0.00897. The van der Waals surface area contributed by atoms with Gasteiger partial charge in [0.1, 0.15) is 5.75 Å². The first-order chi connectivity index (χ1) is 9.13. The molecule has 1 aliphatic heterocycles. The first kappa shape index (κ1) is 12.9. The van der Waals surface area contributed by atoms with Gasteiger partial charge < -0.3 is 14.6 Å². The number of aliphatic carboxylic acids is 1. The molecule has 1 heterocycles. The molecule has 0 aromatic heterocycles. The predicted octanol–water partition coefficient (Wildman–Crippen LogP) is 3.21. The van der Waals surface area contributed by atoms with Gasteiger partial charge in [-0.3, -0.25) is 4.79 Å². The summed E-state index contributed by atoms with van der Waals surface area (Å²) < 4.78 is 11.5. The number of fused-ring (bicyclic) bond motifs is 1. The van der Waals surface area contributed by atoms with Crippen molar-refractivity contribution in [2.24, 2.45) is 0 Å². The van der Waals surface area contributed by atoms with Crippen LogP contribution in [0.1, 0.15) is 36.8 Å². The molecule has 5 heteroatoms.